The topological polar surface area (TPSA) is 76.7 Å². The quantitative estimate of drug-likeness (QED) is 0.722. The third kappa shape index (κ3) is 5.44. The first-order valence-corrected chi connectivity index (χ1v) is 8.79. The van der Waals surface area contributed by atoms with E-state index in [4.69, 9.17) is 21.1 Å². The van der Waals surface area contributed by atoms with Gasteiger partial charge in [0.1, 0.15) is 18.5 Å². The Hall–Kier alpha value is -2.12. The number of halogens is 2. The van der Waals surface area contributed by atoms with Crippen molar-refractivity contribution in [2.75, 3.05) is 13.2 Å². The Balaban J connectivity index is 1.29. The summed E-state index contributed by atoms with van der Waals surface area (Å²) in [5, 5.41) is 6.09. The van der Waals surface area contributed by atoms with Gasteiger partial charge in [-0.1, -0.05) is 11.6 Å². The molecule has 1 aromatic carbocycles. The van der Waals surface area contributed by atoms with Crippen LogP contribution in [-0.2, 0) is 14.3 Å². The maximum absolute atomic E-state index is 12.6. The van der Waals surface area contributed by atoms with E-state index in [1.165, 1.54) is 0 Å². The van der Waals surface area contributed by atoms with Gasteiger partial charge in [0, 0.05) is 30.0 Å². The Morgan fingerprint density at radius 2 is 1.85 bits per heavy atom. The van der Waals surface area contributed by atoms with Gasteiger partial charge in [0.05, 0.1) is 12.1 Å². The van der Waals surface area contributed by atoms with Crippen LogP contribution in [0.1, 0.15) is 19.3 Å². The van der Waals surface area contributed by atoms with Crippen LogP contribution in [0.25, 0.3) is 0 Å². The summed E-state index contributed by atoms with van der Waals surface area (Å²) in [6.07, 6.45) is 2.07. The minimum Gasteiger partial charge on any atom is -0.484 e. The van der Waals surface area contributed by atoms with Gasteiger partial charge in [0.15, 0.2) is 6.61 Å². The summed E-state index contributed by atoms with van der Waals surface area (Å²) in [4.78, 5) is 23.5. The Morgan fingerprint density at radius 3 is 2.50 bits per heavy atom. The Morgan fingerprint density at radius 1 is 1.15 bits per heavy atom. The van der Waals surface area contributed by atoms with Crippen molar-refractivity contribution in [1.29, 1.82) is 0 Å². The molecular weight excluding hydrogens is 363 g/mol. The zero-order chi connectivity index (χ0) is 18.5. The van der Waals surface area contributed by atoms with Crippen LogP contribution in [0, 0.1) is 0 Å². The van der Waals surface area contributed by atoms with E-state index in [0.29, 0.717) is 30.0 Å². The first kappa shape index (κ1) is 18.7. The van der Waals surface area contributed by atoms with E-state index in [0.717, 1.165) is 5.70 Å². The summed E-state index contributed by atoms with van der Waals surface area (Å²) in [5.41, 5.74) is 0.736. The lowest BCUT2D eigenvalue weighted by molar-refractivity contribution is -0.130. The summed E-state index contributed by atoms with van der Waals surface area (Å²) in [6, 6.07) is 6.61. The third-order valence-electron chi connectivity index (χ3n) is 4.16. The van der Waals surface area contributed by atoms with Gasteiger partial charge in [-0.25, -0.2) is 4.39 Å². The number of rotatable bonds is 8. The molecule has 1 saturated carbocycles. The number of amides is 2. The molecule has 6 nitrogen and oxygen atoms in total. The van der Waals surface area contributed by atoms with Crippen molar-refractivity contribution in [3.63, 3.8) is 0 Å². The van der Waals surface area contributed by atoms with Crippen LogP contribution < -0.4 is 15.4 Å². The molecule has 2 N–H and O–H groups in total. The first-order chi connectivity index (χ1) is 12.5. The number of hydrogen-bond acceptors (Lipinski definition) is 4. The number of alkyl halides is 1. The molecule has 2 aliphatic rings. The lowest BCUT2D eigenvalue weighted by Gasteiger charge is -2.30. The molecule has 0 radical (unpaired) electrons. The highest BCUT2D eigenvalue weighted by atomic mass is 35.5. The van der Waals surface area contributed by atoms with Crippen molar-refractivity contribution in [1.82, 2.24) is 10.6 Å². The molecular formula is C18H20ClFN2O4. The van der Waals surface area contributed by atoms with E-state index in [1.807, 2.05) is 0 Å². The zero-order valence-electron chi connectivity index (χ0n) is 14.0. The Labute approximate surface area is 155 Å². The molecule has 8 heteroatoms. The molecule has 1 aromatic rings. The first-order valence-electron chi connectivity index (χ1n) is 8.42. The second kappa shape index (κ2) is 8.51. The maximum Gasteiger partial charge on any atom is 0.258 e. The average Bonchev–Trinajstić information content (AvgIpc) is 2.55. The fourth-order valence-corrected chi connectivity index (χ4v) is 2.73. The largest absolute Gasteiger partial charge is 0.484 e. The van der Waals surface area contributed by atoms with Crippen molar-refractivity contribution in [3.8, 4) is 5.75 Å². The summed E-state index contributed by atoms with van der Waals surface area (Å²) < 4.78 is 23.3. The number of ether oxygens (including phenoxy) is 2. The fourth-order valence-electron chi connectivity index (χ4n) is 2.61. The fraction of sp³-hybridized carbons (Fsp3) is 0.444. The average molecular weight is 383 g/mol. The van der Waals surface area contributed by atoms with Gasteiger partial charge < -0.3 is 20.1 Å². The van der Waals surface area contributed by atoms with Gasteiger partial charge >= 0.3 is 0 Å². The van der Waals surface area contributed by atoms with E-state index in [9.17, 15) is 14.0 Å². The molecule has 0 bridgehead atoms. The van der Waals surface area contributed by atoms with Crippen LogP contribution in [0.2, 0.25) is 5.02 Å². The third-order valence-corrected chi connectivity index (χ3v) is 4.41. The van der Waals surface area contributed by atoms with Crippen molar-refractivity contribution in [3.05, 3.63) is 41.1 Å². The highest BCUT2D eigenvalue weighted by molar-refractivity contribution is 6.30. The molecule has 1 fully saturated rings. The van der Waals surface area contributed by atoms with E-state index < -0.39 is 6.17 Å². The normalized spacial score (nSPS) is 23.9. The lowest BCUT2D eigenvalue weighted by atomic mass is 9.94. The number of nitrogens with one attached hydrogen (secondary N) is 2. The van der Waals surface area contributed by atoms with Gasteiger partial charge in [-0.2, -0.15) is 0 Å². The van der Waals surface area contributed by atoms with Crippen LogP contribution >= 0.6 is 11.6 Å². The summed E-state index contributed by atoms with van der Waals surface area (Å²) >= 11 is 5.78. The standard InChI is InChI=1S/C18H20ClFN2O4/c19-11-1-3-15(4-2-11)25-9-17(23)21-13-7-14(8-13)22-18(24)10-26-16-5-12(20)6-16/h1-4,7,12-13,16H,5-6,8-10H2,(H,21,23)(H,22,24). The number of benzene rings is 1. The van der Waals surface area contributed by atoms with E-state index in [-0.39, 0.29) is 37.2 Å². The second-order valence-corrected chi connectivity index (χ2v) is 6.80. The van der Waals surface area contributed by atoms with Gasteiger partial charge in [0.25, 0.3) is 5.91 Å². The van der Waals surface area contributed by atoms with Crippen LogP contribution in [0.5, 0.6) is 5.75 Å². The molecule has 2 aliphatic carbocycles. The molecule has 3 rings (SSSR count). The van der Waals surface area contributed by atoms with Crippen molar-refractivity contribution in [2.45, 2.75) is 37.6 Å². The van der Waals surface area contributed by atoms with Crippen molar-refractivity contribution >= 4 is 23.4 Å². The van der Waals surface area contributed by atoms with Crippen LogP contribution in [0.4, 0.5) is 4.39 Å². The van der Waals surface area contributed by atoms with E-state index in [2.05, 4.69) is 10.6 Å². The molecule has 1 unspecified atom stereocenters. The molecule has 0 aromatic heterocycles. The molecule has 1 atom stereocenters. The van der Waals surface area contributed by atoms with Gasteiger partial charge in [-0.05, 0) is 30.3 Å². The van der Waals surface area contributed by atoms with Gasteiger partial charge in [-0.3, -0.25) is 9.59 Å². The minimum atomic E-state index is -0.801. The zero-order valence-corrected chi connectivity index (χ0v) is 14.8. The van der Waals surface area contributed by atoms with Crippen LogP contribution in [0.3, 0.4) is 0 Å². The minimum absolute atomic E-state index is 0.0827. The number of carbonyl (C=O) groups excluding carboxylic acids is 2. The Bertz CT molecular complexity index is 689. The smallest absolute Gasteiger partial charge is 0.258 e. The summed E-state index contributed by atoms with van der Waals surface area (Å²) in [6.45, 7) is -0.181. The second-order valence-electron chi connectivity index (χ2n) is 6.36. The van der Waals surface area contributed by atoms with Crippen LogP contribution in [-0.4, -0.2) is 43.3 Å². The monoisotopic (exact) mass is 382 g/mol. The predicted molar refractivity (Wildman–Crippen MR) is 93.6 cm³/mol. The highest BCUT2D eigenvalue weighted by Crippen LogP contribution is 2.26. The number of carbonyl (C=O) groups is 2. The van der Waals surface area contributed by atoms with Crippen LogP contribution in [0.15, 0.2) is 36.0 Å². The highest BCUT2D eigenvalue weighted by Gasteiger charge is 2.30. The molecule has 2 amide bonds. The molecule has 0 heterocycles. The lowest BCUT2D eigenvalue weighted by Crippen LogP contribution is -2.44. The van der Waals surface area contributed by atoms with Crippen molar-refractivity contribution < 1.29 is 23.5 Å². The van der Waals surface area contributed by atoms with E-state index >= 15 is 0 Å². The summed E-state index contributed by atoms with van der Waals surface area (Å²) in [5.74, 6) is 0.0438. The molecule has 0 saturated heterocycles. The number of hydrogen-bond donors (Lipinski definition) is 2. The SMILES string of the molecule is O=C(COC1CC(F)C1)NC1=CC(NC(=O)COc2ccc(Cl)cc2)C1. The maximum atomic E-state index is 12.6. The van der Waals surface area contributed by atoms with Gasteiger partial charge in [-0.15, -0.1) is 0 Å². The van der Waals surface area contributed by atoms with Crippen molar-refractivity contribution in [2.24, 2.45) is 0 Å². The predicted octanol–water partition coefficient (Wildman–Crippen LogP) is 2.12. The molecule has 0 aliphatic heterocycles. The Kier molecular flexibility index (Phi) is 6.11. The van der Waals surface area contributed by atoms with Gasteiger partial charge in [0.2, 0.25) is 5.91 Å². The molecule has 0 spiro atoms. The molecule has 140 valence electrons. The van der Waals surface area contributed by atoms with E-state index in [1.54, 1.807) is 30.3 Å². The summed E-state index contributed by atoms with van der Waals surface area (Å²) in [7, 11) is 0. The molecule has 26 heavy (non-hydrogen) atoms.